The van der Waals surface area contributed by atoms with Crippen LogP contribution in [0.25, 0.3) is 11.1 Å². The van der Waals surface area contributed by atoms with Gasteiger partial charge >= 0.3 is 6.36 Å². The molecule has 0 aliphatic carbocycles. The van der Waals surface area contributed by atoms with Gasteiger partial charge in [0.25, 0.3) is 0 Å². The number of pyridine rings is 2. The molecule has 0 unspecified atom stereocenters. The highest BCUT2D eigenvalue weighted by Gasteiger charge is 2.31. The van der Waals surface area contributed by atoms with E-state index in [0.717, 1.165) is 18.2 Å². The average molecular weight is 500 g/mol. The molecule has 0 saturated carbocycles. The second-order valence-corrected chi connectivity index (χ2v) is 9.34. The van der Waals surface area contributed by atoms with Gasteiger partial charge in [-0.1, -0.05) is 11.6 Å². The van der Waals surface area contributed by atoms with Gasteiger partial charge in [0, 0.05) is 36.6 Å². The van der Waals surface area contributed by atoms with E-state index in [2.05, 4.69) is 20.0 Å². The molecule has 1 aromatic carbocycles. The molecule has 174 valence electrons. The first kappa shape index (κ1) is 24.5. The summed E-state index contributed by atoms with van der Waals surface area (Å²) < 4.78 is 66.9. The smallest absolute Gasteiger partial charge is 0.406 e. The van der Waals surface area contributed by atoms with Crippen molar-refractivity contribution in [3.63, 3.8) is 0 Å². The first-order valence-electron chi connectivity index (χ1n) is 9.32. The Hall–Kier alpha value is -3.18. The molecule has 0 aliphatic rings. The van der Waals surface area contributed by atoms with Crippen LogP contribution in [0.4, 0.5) is 19.0 Å². The molecule has 7 nitrogen and oxygen atoms in total. The van der Waals surface area contributed by atoms with Crippen molar-refractivity contribution in [3.05, 3.63) is 65.1 Å². The molecule has 3 aromatic rings. The van der Waals surface area contributed by atoms with Crippen LogP contribution < -0.4 is 10.1 Å². The van der Waals surface area contributed by atoms with Crippen molar-refractivity contribution < 1.29 is 31.1 Å². The van der Waals surface area contributed by atoms with Gasteiger partial charge in [-0.3, -0.25) is 9.78 Å². The van der Waals surface area contributed by atoms with Crippen molar-refractivity contribution in [2.75, 3.05) is 5.32 Å². The van der Waals surface area contributed by atoms with Gasteiger partial charge < -0.3 is 10.1 Å². The van der Waals surface area contributed by atoms with E-state index in [0.29, 0.717) is 28.2 Å². The number of alkyl halides is 3. The molecule has 2 heterocycles. The van der Waals surface area contributed by atoms with Crippen LogP contribution in [0.5, 0.6) is 5.75 Å². The third-order valence-electron chi connectivity index (χ3n) is 4.41. The van der Waals surface area contributed by atoms with Gasteiger partial charge in [0.1, 0.15) is 11.6 Å². The standard InChI is InChI=1S/C21H17ClF3N3O4S/c1-12-16(7-15(10-27-12)14-5-6-26-20(8-14)28-13(2)29)11-33(30,31)19-4-3-17(9-18(19)22)32-21(23,24)25/h3-10H,11H2,1-2H3,(H,26,28,29). The molecule has 33 heavy (non-hydrogen) atoms. The van der Waals surface area contributed by atoms with Gasteiger partial charge in [0.15, 0.2) is 9.84 Å². The number of rotatable bonds is 6. The number of carbonyl (C=O) groups is 1. The quantitative estimate of drug-likeness (QED) is 0.516. The van der Waals surface area contributed by atoms with E-state index in [1.807, 2.05) is 0 Å². The summed E-state index contributed by atoms with van der Waals surface area (Å²) in [6.45, 7) is 2.98. The van der Waals surface area contributed by atoms with E-state index < -0.39 is 32.7 Å². The normalized spacial score (nSPS) is 11.8. The second kappa shape index (κ2) is 9.36. The van der Waals surface area contributed by atoms with Crippen LogP contribution in [-0.4, -0.2) is 30.7 Å². The zero-order chi connectivity index (χ0) is 24.4. The van der Waals surface area contributed by atoms with E-state index in [9.17, 15) is 26.4 Å². The maximum absolute atomic E-state index is 13.0. The second-order valence-electron chi connectivity index (χ2n) is 6.98. The Morgan fingerprint density at radius 1 is 1.12 bits per heavy atom. The number of benzene rings is 1. The van der Waals surface area contributed by atoms with Gasteiger partial charge in [0.05, 0.1) is 15.7 Å². The molecule has 0 aliphatic heterocycles. The lowest BCUT2D eigenvalue weighted by molar-refractivity contribution is -0.274. The Labute approximate surface area is 192 Å². The summed E-state index contributed by atoms with van der Waals surface area (Å²) in [4.78, 5) is 19.2. The SMILES string of the molecule is CC(=O)Nc1cc(-c2cnc(C)c(CS(=O)(=O)c3ccc(OC(F)(F)F)cc3Cl)c2)ccn1. The highest BCUT2D eigenvalue weighted by atomic mass is 35.5. The van der Waals surface area contributed by atoms with Crippen LogP contribution in [-0.2, 0) is 20.4 Å². The molecule has 12 heteroatoms. The first-order valence-corrected chi connectivity index (χ1v) is 11.3. The number of halogens is 4. The van der Waals surface area contributed by atoms with Crippen LogP contribution in [0.1, 0.15) is 18.2 Å². The zero-order valence-corrected chi connectivity index (χ0v) is 18.8. The Morgan fingerprint density at radius 3 is 2.48 bits per heavy atom. The maximum Gasteiger partial charge on any atom is 0.573 e. The van der Waals surface area contributed by atoms with Gasteiger partial charge in [-0.2, -0.15) is 0 Å². The Morgan fingerprint density at radius 2 is 1.85 bits per heavy atom. The Bertz CT molecular complexity index is 1310. The molecular formula is C21H17ClF3N3O4S. The number of amides is 1. The summed E-state index contributed by atoms with van der Waals surface area (Å²) >= 11 is 5.95. The monoisotopic (exact) mass is 499 g/mol. The van der Waals surface area contributed by atoms with Crippen LogP contribution in [0.15, 0.2) is 53.7 Å². The molecule has 1 N–H and O–H groups in total. The summed E-state index contributed by atoms with van der Waals surface area (Å²) in [5.74, 6) is -1.08. The van der Waals surface area contributed by atoms with Crippen LogP contribution >= 0.6 is 11.6 Å². The number of ether oxygens (including phenoxy) is 1. The number of nitrogens with zero attached hydrogens (tertiary/aromatic N) is 2. The molecular weight excluding hydrogens is 483 g/mol. The molecule has 3 rings (SSSR count). The molecule has 0 fully saturated rings. The molecule has 0 atom stereocenters. The predicted octanol–water partition coefficient (Wildman–Crippen LogP) is 4.94. The largest absolute Gasteiger partial charge is 0.573 e. The van der Waals surface area contributed by atoms with Crippen molar-refractivity contribution in [3.8, 4) is 16.9 Å². The van der Waals surface area contributed by atoms with E-state index in [1.54, 1.807) is 31.3 Å². The third kappa shape index (κ3) is 6.42. The average Bonchev–Trinajstić information content (AvgIpc) is 2.67. The third-order valence-corrected chi connectivity index (χ3v) is 6.55. The number of nitrogens with one attached hydrogen (secondary N) is 1. The lowest BCUT2D eigenvalue weighted by atomic mass is 10.1. The minimum absolute atomic E-state index is 0.294. The summed E-state index contributed by atoms with van der Waals surface area (Å²) in [6, 6.07) is 7.56. The number of anilines is 1. The summed E-state index contributed by atoms with van der Waals surface area (Å²) in [5.41, 5.74) is 2.05. The number of hydrogen-bond donors (Lipinski definition) is 1. The first-order chi connectivity index (χ1) is 15.3. The van der Waals surface area contributed by atoms with Crippen molar-refractivity contribution in [2.24, 2.45) is 0 Å². The maximum atomic E-state index is 13.0. The van der Waals surface area contributed by atoms with E-state index in [4.69, 9.17) is 11.6 Å². The summed E-state index contributed by atoms with van der Waals surface area (Å²) in [5, 5.41) is 2.17. The Balaban J connectivity index is 1.91. The van der Waals surface area contributed by atoms with Crippen molar-refractivity contribution >= 4 is 33.2 Å². The predicted molar refractivity (Wildman–Crippen MR) is 116 cm³/mol. The number of sulfone groups is 1. The fourth-order valence-corrected chi connectivity index (χ4v) is 4.97. The topological polar surface area (TPSA) is 98.2 Å². The highest BCUT2D eigenvalue weighted by Crippen LogP contribution is 2.32. The van der Waals surface area contributed by atoms with Gasteiger partial charge in [-0.15, -0.1) is 13.2 Å². The number of hydrogen-bond acceptors (Lipinski definition) is 6. The van der Waals surface area contributed by atoms with E-state index in [-0.39, 0.29) is 10.8 Å². The van der Waals surface area contributed by atoms with Crippen LogP contribution in [0.2, 0.25) is 5.02 Å². The number of aryl methyl sites for hydroxylation is 1. The minimum atomic E-state index is -4.93. The number of carbonyl (C=O) groups excluding carboxylic acids is 1. The highest BCUT2D eigenvalue weighted by molar-refractivity contribution is 7.90. The van der Waals surface area contributed by atoms with Crippen LogP contribution in [0.3, 0.4) is 0 Å². The lowest BCUT2D eigenvalue weighted by Crippen LogP contribution is -2.17. The molecule has 2 aromatic heterocycles. The fraction of sp³-hybridized carbons (Fsp3) is 0.190. The molecule has 0 saturated heterocycles. The molecule has 1 amide bonds. The fourth-order valence-electron chi connectivity index (χ4n) is 2.95. The van der Waals surface area contributed by atoms with Crippen molar-refractivity contribution in [1.82, 2.24) is 9.97 Å². The zero-order valence-electron chi connectivity index (χ0n) is 17.3. The van der Waals surface area contributed by atoms with Gasteiger partial charge in [-0.25, -0.2) is 13.4 Å². The van der Waals surface area contributed by atoms with Crippen molar-refractivity contribution in [2.45, 2.75) is 30.9 Å². The van der Waals surface area contributed by atoms with Crippen LogP contribution in [0, 0.1) is 6.92 Å². The van der Waals surface area contributed by atoms with E-state index in [1.165, 1.54) is 13.1 Å². The lowest BCUT2D eigenvalue weighted by Gasteiger charge is -2.13. The summed E-state index contributed by atoms with van der Waals surface area (Å²) in [6.07, 6.45) is -1.89. The minimum Gasteiger partial charge on any atom is -0.406 e. The Kier molecular flexibility index (Phi) is 6.94. The molecule has 0 bridgehead atoms. The summed E-state index contributed by atoms with van der Waals surface area (Å²) in [7, 11) is -4.03. The van der Waals surface area contributed by atoms with Gasteiger partial charge in [-0.05, 0) is 48.4 Å². The van der Waals surface area contributed by atoms with E-state index >= 15 is 0 Å². The molecule has 0 radical (unpaired) electrons. The van der Waals surface area contributed by atoms with Gasteiger partial charge in [0.2, 0.25) is 5.91 Å². The number of aromatic nitrogens is 2. The molecule has 0 spiro atoms. The van der Waals surface area contributed by atoms with Crippen molar-refractivity contribution in [1.29, 1.82) is 0 Å².